The van der Waals surface area contributed by atoms with Crippen LogP contribution < -0.4 is 0 Å². The Bertz CT molecular complexity index is 2690. The fourth-order valence-corrected chi connectivity index (χ4v) is 6.78. The molecule has 5 nitrogen and oxygen atoms in total. The monoisotopic (exact) mass is 548 g/mol. The normalized spacial score (nSPS) is 11.7. The topological polar surface area (TPSA) is 51.1 Å². The summed E-state index contributed by atoms with van der Waals surface area (Å²) in [4.78, 5) is 3.80. The minimum atomic E-state index is 0.488. The van der Waals surface area contributed by atoms with E-state index in [9.17, 15) is 5.26 Å². The zero-order valence-electron chi connectivity index (χ0n) is 22.7. The number of nitriles is 1. The predicted octanol–water partition coefficient (Wildman–Crippen LogP) is 10.2. The lowest BCUT2D eigenvalue weighted by atomic mass is 10.1. The van der Waals surface area contributed by atoms with Gasteiger partial charge < -0.3 is 13.6 Å². The summed E-state index contributed by atoms with van der Waals surface area (Å²) in [6.45, 7) is 7.85. The Kier molecular flexibility index (Phi) is 4.68. The van der Waals surface area contributed by atoms with Crippen molar-refractivity contribution < 1.29 is 4.42 Å². The lowest BCUT2D eigenvalue weighted by Crippen LogP contribution is -1.95. The van der Waals surface area contributed by atoms with Crippen LogP contribution in [0.2, 0.25) is 0 Å². The van der Waals surface area contributed by atoms with Gasteiger partial charge in [0.1, 0.15) is 11.2 Å². The van der Waals surface area contributed by atoms with Crippen LogP contribution >= 0.6 is 0 Å². The van der Waals surface area contributed by atoms with E-state index in [0.29, 0.717) is 16.9 Å². The number of aromatic nitrogens is 2. The van der Waals surface area contributed by atoms with Crippen molar-refractivity contribution in [3.8, 4) is 17.4 Å². The molecule has 3 heterocycles. The molecule has 0 bridgehead atoms. The third kappa shape index (κ3) is 3.08. The van der Waals surface area contributed by atoms with Gasteiger partial charge in [-0.15, -0.1) is 0 Å². The lowest BCUT2D eigenvalue weighted by molar-refractivity contribution is 0.677. The fourth-order valence-electron chi connectivity index (χ4n) is 6.78. The first-order chi connectivity index (χ1) is 21.3. The van der Waals surface area contributed by atoms with Gasteiger partial charge in [0, 0.05) is 27.2 Å². The number of fused-ring (bicyclic) bond motifs is 11. The van der Waals surface area contributed by atoms with Gasteiger partial charge in [-0.3, -0.25) is 0 Å². The van der Waals surface area contributed by atoms with Gasteiger partial charge in [-0.05, 0) is 54.6 Å². The van der Waals surface area contributed by atoms with Gasteiger partial charge in [-0.2, -0.15) is 5.26 Å². The average molecular weight is 549 g/mol. The number of rotatable bonds is 2. The van der Waals surface area contributed by atoms with Crippen molar-refractivity contribution in [3.63, 3.8) is 0 Å². The third-order valence-electron chi connectivity index (χ3n) is 8.56. The Balaban J connectivity index is 1.45. The molecule has 0 N–H and O–H groups in total. The molecule has 3 aromatic heterocycles. The van der Waals surface area contributed by atoms with Gasteiger partial charge in [0.2, 0.25) is 5.69 Å². The van der Waals surface area contributed by atoms with Crippen molar-refractivity contribution in [3.05, 3.63) is 138 Å². The summed E-state index contributed by atoms with van der Waals surface area (Å²) in [6.07, 6.45) is 0. The summed E-state index contributed by atoms with van der Waals surface area (Å²) in [5, 5.41) is 16.0. The van der Waals surface area contributed by atoms with Crippen LogP contribution in [0.15, 0.2) is 126 Å². The van der Waals surface area contributed by atoms with Gasteiger partial charge >= 0.3 is 0 Å². The number of nitrogens with zero attached hydrogens (tertiary/aromatic N) is 4. The Hall–Kier alpha value is -6.30. The number of benzene rings is 6. The molecule has 0 saturated heterocycles. The number of furan rings is 1. The maximum absolute atomic E-state index is 9.65. The molecule has 0 fully saturated rings. The predicted molar refractivity (Wildman–Crippen MR) is 173 cm³/mol. The van der Waals surface area contributed by atoms with Crippen LogP contribution in [0.1, 0.15) is 5.56 Å². The fraction of sp³-hybridized carbons (Fsp3) is 0. The van der Waals surface area contributed by atoms with Crippen LogP contribution in [0.25, 0.3) is 81.8 Å². The average Bonchev–Trinajstić information content (AvgIpc) is 3.72. The highest BCUT2D eigenvalue weighted by Gasteiger charge is 2.23. The second kappa shape index (κ2) is 8.60. The van der Waals surface area contributed by atoms with Crippen molar-refractivity contribution in [2.75, 3.05) is 0 Å². The van der Waals surface area contributed by atoms with E-state index in [1.54, 1.807) is 18.2 Å². The van der Waals surface area contributed by atoms with Gasteiger partial charge in [-0.25, -0.2) is 4.85 Å². The number of hydrogen-bond donors (Lipinski definition) is 0. The number of hydrogen-bond acceptors (Lipinski definition) is 2. The first kappa shape index (κ1) is 23.4. The molecule has 198 valence electrons. The molecule has 9 aromatic rings. The summed E-state index contributed by atoms with van der Waals surface area (Å²) < 4.78 is 11.3. The summed E-state index contributed by atoms with van der Waals surface area (Å²) in [7, 11) is 0. The molecule has 0 spiro atoms. The number of para-hydroxylation sites is 3. The van der Waals surface area contributed by atoms with E-state index in [1.807, 2.05) is 18.2 Å². The molecule has 5 heteroatoms. The van der Waals surface area contributed by atoms with E-state index in [0.717, 1.165) is 71.2 Å². The van der Waals surface area contributed by atoms with Crippen LogP contribution in [0, 0.1) is 17.9 Å². The quantitative estimate of drug-likeness (QED) is 0.202. The third-order valence-corrected chi connectivity index (χ3v) is 8.56. The Labute approximate surface area is 245 Å². The van der Waals surface area contributed by atoms with E-state index in [-0.39, 0.29) is 0 Å². The summed E-state index contributed by atoms with van der Waals surface area (Å²) in [6, 6.07) is 43.1. The molecule has 0 unspecified atom stereocenters. The molecule has 0 aliphatic carbocycles. The molecule has 0 radical (unpaired) electrons. The Morgan fingerprint density at radius 3 is 1.79 bits per heavy atom. The van der Waals surface area contributed by atoms with Crippen molar-refractivity contribution in [2.45, 2.75) is 0 Å². The molecular weight excluding hydrogens is 528 g/mol. The van der Waals surface area contributed by atoms with Crippen LogP contribution in [0.4, 0.5) is 5.69 Å². The minimum Gasteiger partial charge on any atom is -0.455 e. The molecule has 0 amide bonds. The van der Waals surface area contributed by atoms with Gasteiger partial charge in [0.25, 0.3) is 0 Å². The van der Waals surface area contributed by atoms with E-state index >= 15 is 0 Å². The maximum atomic E-state index is 9.65. The molecule has 9 rings (SSSR count). The SMILES string of the molecule is [C-]#[N+]c1ccc(C#N)cc1-n1c2ccccc2c2c3oc4c(ccc5c4c4ccccc4n5-c4ccccc4)c3ccc21. The van der Waals surface area contributed by atoms with Gasteiger partial charge in [0.05, 0.1) is 56.7 Å². The molecule has 43 heavy (non-hydrogen) atoms. The largest absolute Gasteiger partial charge is 0.455 e. The molecule has 0 saturated carbocycles. The van der Waals surface area contributed by atoms with E-state index < -0.39 is 0 Å². The van der Waals surface area contributed by atoms with Gasteiger partial charge in [0.15, 0.2) is 0 Å². The maximum Gasteiger partial charge on any atom is 0.210 e. The minimum absolute atomic E-state index is 0.488. The lowest BCUT2D eigenvalue weighted by Gasteiger charge is -2.10. The molecule has 0 atom stereocenters. The van der Waals surface area contributed by atoms with Crippen molar-refractivity contribution in [1.82, 2.24) is 9.13 Å². The summed E-state index contributed by atoms with van der Waals surface area (Å²) in [5.41, 5.74) is 8.55. The van der Waals surface area contributed by atoms with Crippen molar-refractivity contribution in [2.24, 2.45) is 0 Å². The first-order valence-electron chi connectivity index (χ1n) is 14.0. The van der Waals surface area contributed by atoms with E-state index in [4.69, 9.17) is 11.0 Å². The van der Waals surface area contributed by atoms with Crippen LogP contribution in [-0.2, 0) is 0 Å². The molecular formula is C38H20N4O. The highest BCUT2D eigenvalue weighted by molar-refractivity contribution is 6.29. The van der Waals surface area contributed by atoms with E-state index in [2.05, 4.69) is 105 Å². The smallest absolute Gasteiger partial charge is 0.210 e. The summed E-state index contributed by atoms with van der Waals surface area (Å²) >= 11 is 0. The molecule has 6 aromatic carbocycles. The standard InChI is InChI=1S/C38H20N4O/c1-40-29-18-15-23(22-39)21-34(29)42-31-14-8-6-12-28(31)36-33(42)20-17-26-25-16-19-32-35(37(25)43-38(26)36)27-11-5-7-13-30(27)41(32)24-9-3-2-4-10-24/h2-21H. The zero-order chi connectivity index (χ0) is 28.7. The first-order valence-corrected chi connectivity index (χ1v) is 14.0. The summed E-state index contributed by atoms with van der Waals surface area (Å²) in [5.74, 6) is 0. The second-order valence-corrected chi connectivity index (χ2v) is 10.7. The molecule has 0 aliphatic rings. The highest BCUT2D eigenvalue weighted by Crippen LogP contribution is 2.45. The van der Waals surface area contributed by atoms with Crippen LogP contribution in [0.3, 0.4) is 0 Å². The second-order valence-electron chi connectivity index (χ2n) is 10.7. The van der Waals surface area contributed by atoms with Crippen molar-refractivity contribution in [1.29, 1.82) is 5.26 Å². The van der Waals surface area contributed by atoms with Crippen LogP contribution in [-0.4, -0.2) is 9.13 Å². The Morgan fingerprint density at radius 1 is 0.581 bits per heavy atom. The van der Waals surface area contributed by atoms with Gasteiger partial charge in [-0.1, -0.05) is 66.7 Å². The zero-order valence-corrected chi connectivity index (χ0v) is 22.7. The highest BCUT2D eigenvalue weighted by atomic mass is 16.3. The van der Waals surface area contributed by atoms with Crippen molar-refractivity contribution >= 4 is 71.2 Å². The van der Waals surface area contributed by atoms with Crippen LogP contribution in [0.5, 0.6) is 0 Å². The van der Waals surface area contributed by atoms with E-state index in [1.165, 1.54) is 0 Å². The molecule has 0 aliphatic heterocycles. The Morgan fingerprint density at radius 2 is 1.16 bits per heavy atom.